The number of carbonyl (C=O) groups excluding carboxylic acids is 2. The number of nitrogens with zero attached hydrogens (tertiary/aromatic N) is 4. The summed E-state index contributed by atoms with van der Waals surface area (Å²) < 4.78 is 6.81. The van der Waals surface area contributed by atoms with Crippen LogP contribution in [0, 0.1) is 10.1 Å². The summed E-state index contributed by atoms with van der Waals surface area (Å²) >= 11 is 9.03. The Labute approximate surface area is 226 Å². The number of hydrazine groups is 1. The third-order valence-corrected chi connectivity index (χ3v) is 7.76. The quantitative estimate of drug-likeness (QED) is 0.130. The van der Waals surface area contributed by atoms with Crippen LogP contribution in [-0.4, -0.2) is 42.6 Å². The number of non-ortho nitro benzene ring substituents is 1. The number of fused-ring (bicyclic) bond motifs is 1. The van der Waals surface area contributed by atoms with Crippen LogP contribution in [0.2, 0.25) is 0 Å². The molecule has 0 bridgehead atoms. The Kier molecular flexibility index (Phi) is 7.09. The van der Waals surface area contributed by atoms with Crippen LogP contribution >= 0.6 is 46.7 Å². The molecule has 1 aliphatic heterocycles. The third-order valence-electron chi connectivity index (χ3n) is 4.82. The second-order valence-electron chi connectivity index (χ2n) is 7.27. The van der Waals surface area contributed by atoms with Gasteiger partial charge in [0, 0.05) is 29.3 Å². The van der Waals surface area contributed by atoms with Crippen LogP contribution in [0.15, 0.2) is 58.9 Å². The lowest BCUT2D eigenvalue weighted by Gasteiger charge is -2.14. The summed E-state index contributed by atoms with van der Waals surface area (Å²) in [5.41, 5.74) is 3.77. The molecule has 0 atom stereocenters. The zero-order valence-corrected chi connectivity index (χ0v) is 21.7. The van der Waals surface area contributed by atoms with Crippen molar-refractivity contribution in [1.82, 2.24) is 15.0 Å². The second kappa shape index (κ2) is 10.6. The van der Waals surface area contributed by atoms with Crippen molar-refractivity contribution < 1.29 is 19.2 Å². The van der Waals surface area contributed by atoms with Gasteiger partial charge in [-0.2, -0.15) is 5.01 Å². The maximum absolute atomic E-state index is 13.1. The van der Waals surface area contributed by atoms with Crippen LogP contribution in [0.25, 0.3) is 16.3 Å². The van der Waals surface area contributed by atoms with Crippen molar-refractivity contribution in [3.8, 4) is 5.75 Å². The highest BCUT2D eigenvalue weighted by molar-refractivity contribution is 8.26. The fraction of sp³-hybridized carbons (Fsp3) is 0.0455. The van der Waals surface area contributed by atoms with Gasteiger partial charge in [-0.1, -0.05) is 35.2 Å². The van der Waals surface area contributed by atoms with Crippen LogP contribution in [0.1, 0.15) is 5.56 Å². The van der Waals surface area contributed by atoms with E-state index in [9.17, 15) is 19.7 Å². The largest absolute Gasteiger partial charge is 0.483 e. The summed E-state index contributed by atoms with van der Waals surface area (Å²) in [6.45, 7) is -0.363. The highest BCUT2D eigenvalue weighted by atomic mass is 32.2. The molecule has 2 aromatic carbocycles. The van der Waals surface area contributed by atoms with Crippen LogP contribution in [0.4, 0.5) is 16.0 Å². The van der Waals surface area contributed by atoms with E-state index in [0.29, 0.717) is 10.3 Å². The standard InChI is InChI=1S/C22H14N6O5S4/c29-18(25-20-23-7-8-35-20)11-33-15-6-5-13(28(31)32)9-12(15)10-17-19(30)27(22(34)37-17)26-21-24-14-3-1-2-4-16(14)36-21/h1-10H,11H2,(H,24,26)(H,23,25,29)/b17-10-. The molecule has 11 nitrogen and oxygen atoms in total. The number of nitro groups is 1. The molecule has 37 heavy (non-hydrogen) atoms. The van der Waals surface area contributed by atoms with Crippen molar-refractivity contribution in [2.75, 3.05) is 17.3 Å². The summed E-state index contributed by atoms with van der Waals surface area (Å²) in [7, 11) is 0. The number of aromatic nitrogens is 2. The maximum Gasteiger partial charge on any atom is 0.285 e. The van der Waals surface area contributed by atoms with Crippen molar-refractivity contribution in [2.24, 2.45) is 0 Å². The van der Waals surface area contributed by atoms with Gasteiger partial charge in [-0.3, -0.25) is 30.4 Å². The molecule has 1 aliphatic rings. The van der Waals surface area contributed by atoms with E-state index in [1.165, 1.54) is 52.0 Å². The zero-order valence-electron chi connectivity index (χ0n) is 18.4. The monoisotopic (exact) mass is 570 g/mol. The fourth-order valence-electron chi connectivity index (χ4n) is 3.20. The van der Waals surface area contributed by atoms with Crippen LogP contribution in [0.3, 0.4) is 0 Å². The van der Waals surface area contributed by atoms with Crippen LogP contribution < -0.4 is 15.5 Å². The lowest BCUT2D eigenvalue weighted by molar-refractivity contribution is -0.384. The van der Waals surface area contributed by atoms with E-state index < -0.39 is 16.7 Å². The average Bonchev–Trinajstić information content (AvgIpc) is 3.59. The Morgan fingerprint density at radius 2 is 2.08 bits per heavy atom. The molecular weight excluding hydrogens is 557 g/mol. The average molecular weight is 571 g/mol. The molecule has 4 aromatic rings. The first kappa shape index (κ1) is 24.8. The molecule has 0 saturated carbocycles. The van der Waals surface area contributed by atoms with Crippen molar-refractivity contribution in [3.63, 3.8) is 0 Å². The van der Waals surface area contributed by atoms with E-state index in [2.05, 4.69) is 20.7 Å². The number of amides is 2. The predicted molar refractivity (Wildman–Crippen MR) is 148 cm³/mol. The molecule has 1 fully saturated rings. The van der Waals surface area contributed by atoms with Gasteiger partial charge in [0.05, 0.1) is 20.0 Å². The minimum atomic E-state index is -0.559. The molecule has 2 aromatic heterocycles. The SMILES string of the molecule is O=C(COc1ccc([N+](=O)[O-])cc1/C=C1\SC(=S)N(Nc2nc3ccccc3s2)C1=O)Nc1nccs1. The number of nitro benzene ring substituents is 1. The minimum absolute atomic E-state index is 0.185. The Bertz CT molecular complexity index is 1540. The predicted octanol–water partition coefficient (Wildman–Crippen LogP) is 4.91. The number of para-hydroxylation sites is 1. The molecule has 5 rings (SSSR count). The molecule has 2 N–H and O–H groups in total. The fourth-order valence-corrected chi connectivity index (χ4v) is 5.77. The first-order valence-corrected chi connectivity index (χ1v) is 13.3. The molecule has 15 heteroatoms. The first-order chi connectivity index (χ1) is 17.9. The van der Waals surface area contributed by atoms with E-state index in [4.69, 9.17) is 17.0 Å². The highest BCUT2D eigenvalue weighted by Crippen LogP contribution is 2.36. The summed E-state index contributed by atoms with van der Waals surface area (Å²) in [5.74, 6) is -0.719. The van der Waals surface area contributed by atoms with E-state index in [0.717, 1.165) is 22.0 Å². The first-order valence-electron chi connectivity index (χ1n) is 10.4. The number of thiazole rings is 2. The number of thiocarbonyl (C=S) groups is 1. The van der Waals surface area contributed by atoms with Gasteiger partial charge in [0.1, 0.15) is 5.75 Å². The molecule has 0 radical (unpaired) electrons. The van der Waals surface area contributed by atoms with E-state index in [-0.39, 0.29) is 32.8 Å². The Hall–Kier alpha value is -3.92. The van der Waals surface area contributed by atoms with Crippen molar-refractivity contribution in [2.45, 2.75) is 0 Å². The Morgan fingerprint density at radius 1 is 1.24 bits per heavy atom. The molecule has 2 amide bonds. The number of ether oxygens (including phenoxy) is 1. The molecule has 0 unspecified atom stereocenters. The molecular formula is C22H14N6O5S4. The summed E-state index contributed by atoms with van der Waals surface area (Å²) in [5, 5.41) is 17.8. The van der Waals surface area contributed by atoms with Crippen LogP contribution in [-0.2, 0) is 9.59 Å². The third kappa shape index (κ3) is 5.59. The highest BCUT2D eigenvalue weighted by Gasteiger charge is 2.33. The van der Waals surface area contributed by atoms with Crippen LogP contribution in [0.5, 0.6) is 5.75 Å². The van der Waals surface area contributed by atoms with Crippen molar-refractivity contribution in [1.29, 1.82) is 0 Å². The smallest absolute Gasteiger partial charge is 0.285 e. The summed E-state index contributed by atoms with van der Waals surface area (Å²) in [6, 6.07) is 11.4. The van der Waals surface area contributed by atoms with Gasteiger partial charge in [0.15, 0.2) is 16.1 Å². The van der Waals surface area contributed by atoms with E-state index in [1.807, 2.05) is 24.3 Å². The maximum atomic E-state index is 13.1. The number of benzene rings is 2. The van der Waals surface area contributed by atoms with Crippen molar-refractivity contribution >= 4 is 95.0 Å². The normalized spacial score (nSPS) is 14.4. The lowest BCUT2D eigenvalue weighted by atomic mass is 10.1. The van der Waals surface area contributed by atoms with E-state index in [1.54, 1.807) is 11.6 Å². The number of rotatable bonds is 8. The number of thioether (sulfide) groups is 1. The number of hydrogen-bond donors (Lipinski definition) is 2. The molecule has 0 spiro atoms. The molecule has 186 valence electrons. The van der Waals surface area contributed by atoms with Gasteiger partial charge < -0.3 is 4.74 Å². The summed E-state index contributed by atoms with van der Waals surface area (Å²) in [4.78, 5) is 44.8. The van der Waals surface area contributed by atoms with Gasteiger partial charge in [0.25, 0.3) is 17.5 Å². The number of carbonyl (C=O) groups is 2. The Morgan fingerprint density at radius 3 is 2.84 bits per heavy atom. The van der Waals surface area contributed by atoms with Gasteiger partial charge in [-0.15, -0.1) is 11.3 Å². The molecule has 0 aliphatic carbocycles. The van der Waals surface area contributed by atoms with Gasteiger partial charge in [-0.05, 0) is 36.5 Å². The van der Waals surface area contributed by atoms with E-state index >= 15 is 0 Å². The molecule has 1 saturated heterocycles. The second-order valence-corrected chi connectivity index (χ2v) is 10.9. The van der Waals surface area contributed by atoms with Gasteiger partial charge in [-0.25, -0.2) is 9.97 Å². The van der Waals surface area contributed by atoms with Gasteiger partial charge in [0.2, 0.25) is 5.13 Å². The van der Waals surface area contributed by atoms with Gasteiger partial charge >= 0.3 is 0 Å². The summed E-state index contributed by atoms with van der Waals surface area (Å²) in [6.07, 6.45) is 3.00. The number of anilines is 2. The Balaban J connectivity index is 1.36. The number of hydrogen-bond acceptors (Lipinski definition) is 12. The number of nitrogens with one attached hydrogen (secondary N) is 2. The molecule has 3 heterocycles. The topological polar surface area (TPSA) is 140 Å². The minimum Gasteiger partial charge on any atom is -0.483 e. The van der Waals surface area contributed by atoms with Crippen molar-refractivity contribution in [3.05, 3.63) is 74.6 Å². The zero-order chi connectivity index (χ0) is 25.9. The lowest BCUT2D eigenvalue weighted by Crippen LogP contribution is -2.33.